The Morgan fingerprint density at radius 3 is 2.50 bits per heavy atom. The lowest BCUT2D eigenvalue weighted by Gasteiger charge is -2.40. The highest BCUT2D eigenvalue weighted by Crippen LogP contribution is 2.34. The number of rotatable bonds is 6. The number of hydrogen-bond donors (Lipinski definition) is 0. The van der Waals surface area contributed by atoms with E-state index in [0.29, 0.717) is 17.7 Å². The van der Waals surface area contributed by atoms with Crippen LogP contribution in [0.4, 0.5) is 13.2 Å². The van der Waals surface area contributed by atoms with Crippen LogP contribution in [0.3, 0.4) is 0 Å². The number of likely N-dealkylation sites (tertiary alicyclic amines) is 1. The highest BCUT2D eigenvalue weighted by atomic mass is 32.2. The molecule has 1 aromatic carbocycles. The summed E-state index contributed by atoms with van der Waals surface area (Å²) in [7, 11) is 0. The number of aliphatic imine (C=N–C) groups is 1. The van der Waals surface area contributed by atoms with Crippen LogP contribution in [-0.2, 0) is 4.79 Å². The Balaban J connectivity index is 1.26. The van der Waals surface area contributed by atoms with E-state index in [4.69, 9.17) is 4.74 Å². The number of ether oxygens (including phenoxy) is 1. The summed E-state index contributed by atoms with van der Waals surface area (Å²) in [6.07, 6.45) is 4.67. The molecule has 1 unspecified atom stereocenters. The molecule has 0 saturated carbocycles. The second kappa shape index (κ2) is 9.61. The summed E-state index contributed by atoms with van der Waals surface area (Å²) in [6.45, 7) is 4.31. The van der Waals surface area contributed by atoms with Crippen molar-refractivity contribution in [3.8, 4) is 17.0 Å². The molecule has 188 valence electrons. The first-order valence-corrected chi connectivity index (χ1v) is 12.6. The molecule has 2 aliphatic rings. The van der Waals surface area contributed by atoms with E-state index in [2.05, 4.69) is 15.1 Å². The summed E-state index contributed by atoms with van der Waals surface area (Å²) >= 11 is 1.46. The lowest BCUT2D eigenvalue weighted by molar-refractivity contribution is -0.141. The highest BCUT2D eigenvalue weighted by Gasteiger charge is 2.41. The molecule has 1 saturated heterocycles. The van der Waals surface area contributed by atoms with Gasteiger partial charge in [0.15, 0.2) is 11.6 Å². The molecule has 4 heterocycles. The molecule has 0 radical (unpaired) electrons. The molecule has 36 heavy (non-hydrogen) atoms. The van der Waals surface area contributed by atoms with E-state index in [1.807, 2.05) is 20.1 Å². The zero-order valence-electron chi connectivity index (χ0n) is 19.9. The average molecular weight is 516 g/mol. The molecule has 2 aliphatic heterocycles. The molecule has 5 rings (SSSR count). The van der Waals surface area contributed by atoms with Crippen LogP contribution in [0.5, 0.6) is 5.75 Å². The maximum absolute atomic E-state index is 14.5. The van der Waals surface area contributed by atoms with Gasteiger partial charge in [-0.1, -0.05) is 0 Å². The Morgan fingerprint density at radius 1 is 1.11 bits per heavy atom. The van der Waals surface area contributed by atoms with Gasteiger partial charge in [-0.3, -0.25) is 14.8 Å². The molecular formula is C25H24F3N5O2S. The normalized spacial score (nSPS) is 19.6. The third-order valence-electron chi connectivity index (χ3n) is 6.53. The van der Waals surface area contributed by atoms with Gasteiger partial charge < -0.3 is 9.64 Å². The molecule has 1 fully saturated rings. The van der Waals surface area contributed by atoms with E-state index in [0.717, 1.165) is 29.2 Å². The van der Waals surface area contributed by atoms with Crippen LogP contribution in [0.15, 0.2) is 35.5 Å². The Hall–Kier alpha value is -3.34. The van der Waals surface area contributed by atoms with Crippen molar-refractivity contribution in [1.29, 1.82) is 0 Å². The molecule has 2 atom stereocenters. The molecule has 0 N–H and O–H groups in total. The van der Waals surface area contributed by atoms with E-state index < -0.39 is 35.5 Å². The van der Waals surface area contributed by atoms with Crippen LogP contribution >= 0.6 is 11.9 Å². The zero-order chi connectivity index (χ0) is 25.6. The number of benzene rings is 1. The number of nitrogens with zero attached hydrogens (tertiary/aromatic N) is 5. The van der Waals surface area contributed by atoms with E-state index in [-0.39, 0.29) is 24.7 Å². The van der Waals surface area contributed by atoms with Crippen molar-refractivity contribution < 1.29 is 22.7 Å². The fourth-order valence-corrected chi connectivity index (χ4v) is 5.31. The molecule has 11 heteroatoms. The van der Waals surface area contributed by atoms with Gasteiger partial charge in [0.25, 0.3) is 0 Å². The average Bonchev–Trinajstić information content (AvgIpc) is 3.40. The molecule has 0 aliphatic carbocycles. The molecule has 1 amide bonds. The van der Waals surface area contributed by atoms with Crippen molar-refractivity contribution in [2.24, 2.45) is 4.99 Å². The first kappa shape index (κ1) is 24.4. The Labute approximate surface area is 210 Å². The Bertz CT molecular complexity index is 1340. The summed E-state index contributed by atoms with van der Waals surface area (Å²) in [4.78, 5) is 23.1. The van der Waals surface area contributed by atoms with Gasteiger partial charge >= 0.3 is 0 Å². The summed E-state index contributed by atoms with van der Waals surface area (Å²) in [5.74, 6) is -2.60. The maximum atomic E-state index is 14.5. The van der Waals surface area contributed by atoms with Gasteiger partial charge in [0.05, 0.1) is 36.4 Å². The van der Waals surface area contributed by atoms with Gasteiger partial charge in [-0.15, -0.1) is 0 Å². The number of aromatic nitrogens is 3. The largest absolute Gasteiger partial charge is 0.484 e. The van der Waals surface area contributed by atoms with Crippen molar-refractivity contribution in [2.75, 3.05) is 19.3 Å². The van der Waals surface area contributed by atoms with Gasteiger partial charge in [0.1, 0.15) is 23.8 Å². The van der Waals surface area contributed by atoms with Crippen LogP contribution in [0, 0.1) is 31.3 Å². The van der Waals surface area contributed by atoms with Crippen LogP contribution in [-0.4, -0.2) is 62.7 Å². The number of aryl methyl sites for hydroxylation is 1. The van der Waals surface area contributed by atoms with Crippen LogP contribution < -0.4 is 4.74 Å². The number of carbonyl (C=O) groups is 1. The van der Waals surface area contributed by atoms with Gasteiger partial charge in [-0.25, -0.2) is 17.3 Å². The maximum Gasteiger partial charge on any atom is 0.248 e. The van der Waals surface area contributed by atoms with Gasteiger partial charge in [0.2, 0.25) is 5.91 Å². The van der Waals surface area contributed by atoms with Crippen molar-refractivity contribution in [3.05, 3.63) is 64.9 Å². The fraction of sp³-hybridized carbons (Fsp3) is 0.360. The summed E-state index contributed by atoms with van der Waals surface area (Å²) in [6, 6.07) is 4.07. The Kier molecular flexibility index (Phi) is 6.50. The van der Waals surface area contributed by atoms with Gasteiger partial charge in [-0.2, -0.15) is 5.10 Å². The minimum atomic E-state index is -0.754. The number of pyridine rings is 1. The first-order valence-electron chi connectivity index (χ1n) is 11.4. The van der Waals surface area contributed by atoms with E-state index in [1.165, 1.54) is 24.1 Å². The molecule has 0 bridgehead atoms. The van der Waals surface area contributed by atoms with Crippen molar-refractivity contribution in [2.45, 2.75) is 38.3 Å². The topological polar surface area (TPSA) is 72.6 Å². The second-order valence-corrected chi connectivity index (χ2v) is 9.62. The minimum Gasteiger partial charge on any atom is -0.484 e. The molecule has 2 aromatic heterocycles. The smallest absolute Gasteiger partial charge is 0.248 e. The van der Waals surface area contributed by atoms with Crippen LogP contribution in [0.1, 0.15) is 29.3 Å². The third kappa shape index (κ3) is 4.47. The predicted molar refractivity (Wildman–Crippen MR) is 131 cm³/mol. The molecule has 0 spiro atoms. The zero-order valence-corrected chi connectivity index (χ0v) is 20.7. The van der Waals surface area contributed by atoms with Crippen molar-refractivity contribution >= 4 is 24.1 Å². The van der Waals surface area contributed by atoms with E-state index >= 15 is 0 Å². The van der Waals surface area contributed by atoms with Gasteiger partial charge in [-0.05, 0) is 49.9 Å². The SMILES string of the molecule is CSn1nc(C)c(-c2cc(OC3CN(C(=O)C4N=CC[C@H]4c4cc(F)cc(F)c4)C3)c(F)cn2)c1C. The first-order chi connectivity index (χ1) is 17.2. The summed E-state index contributed by atoms with van der Waals surface area (Å²) in [5.41, 5.74) is 3.45. The van der Waals surface area contributed by atoms with E-state index in [1.54, 1.807) is 21.3 Å². The third-order valence-corrected chi connectivity index (χ3v) is 7.23. The minimum absolute atomic E-state index is 0.0554. The fourth-order valence-electron chi connectivity index (χ4n) is 4.74. The number of carbonyl (C=O) groups excluding carboxylic acids is 1. The lowest BCUT2D eigenvalue weighted by atomic mass is 9.89. The summed E-state index contributed by atoms with van der Waals surface area (Å²) in [5, 5.41) is 4.46. The lowest BCUT2D eigenvalue weighted by Crippen LogP contribution is -2.58. The summed E-state index contributed by atoms with van der Waals surface area (Å²) < 4.78 is 49.6. The quantitative estimate of drug-likeness (QED) is 0.489. The van der Waals surface area contributed by atoms with Gasteiger partial charge in [0, 0.05) is 36.1 Å². The predicted octanol–water partition coefficient (Wildman–Crippen LogP) is 4.32. The second-order valence-electron chi connectivity index (χ2n) is 8.91. The standard InChI is InChI=1S/C25H24F3N5O2S/c1-13-23(14(2)33(31-13)36-3)21-9-22(20(28)10-30-21)35-18-11-32(12-18)25(34)24-19(4-5-29-24)15-6-16(26)8-17(27)7-15/h5-10,18-19,24H,4,11-12H2,1-3H3/t19-,24?/m0/s1. The number of hydrogen-bond acceptors (Lipinski definition) is 6. The molecular weight excluding hydrogens is 491 g/mol. The van der Waals surface area contributed by atoms with Crippen molar-refractivity contribution in [1.82, 2.24) is 19.1 Å². The van der Waals surface area contributed by atoms with E-state index in [9.17, 15) is 18.0 Å². The molecule has 7 nitrogen and oxygen atoms in total. The highest BCUT2D eigenvalue weighted by molar-refractivity contribution is 7.97. The monoisotopic (exact) mass is 515 g/mol. The van der Waals surface area contributed by atoms with Crippen LogP contribution in [0.25, 0.3) is 11.3 Å². The number of amides is 1. The Morgan fingerprint density at radius 2 is 1.83 bits per heavy atom. The molecule has 3 aromatic rings. The number of halogens is 3. The van der Waals surface area contributed by atoms with Crippen molar-refractivity contribution in [3.63, 3.8) is 0 Å². The van der Waals surface area contributed by atoms with Crippen LogP contribution in [0.2, 0.25) is 0 Å².